The average molecular weight is 257 g/mol. The number of furan rings is 1. The largest absolute Gasteiger partial charge is 0.453 e. The number of aliphatic hydroxyl groups is 1. The summed E-state index contributed by atoms with van der Waals surface area (Å²) in [5, 5.41) is 8.57. The fraction of sp³-hybridized carbons (Fsp3) is 0.429. The minimum absolute atomic E-state index is 0. The summed E-state index contributed by atoms with van der Waals surface area (Å²) in [5.41, 5.74) is 5.64. The molecule has 1 atom stereocenters. The molecule has 12 heavy (non-hydrogen) atoms. The van der Waals surface area contributed by atoms with Gasteiger partial charge >= 0.3 is 0 Å². The first kappa shape index (κ1) is 12.0. The normalized spacial score (nSPS) is 12.2. The van der Waals surface area contributed by atoms with Crippen LogP contribution in [0.1, 0.15) is 18.2 Å². The molecule has 0 saturated heterocycles. The summed E-state index contributed by atoms with van der Waals surface area (Å²) in [4.78, 5) is 0. The van der Waals surface area contributed by atoms with E-state index in [1.165, 1.54) is 0 Å². The van der Waals surface area contributed by atoms with Crippen LogP contribution in [0.15, 0.2) is 21.2 Å². The van der Waals surface area contributed by atoms with Gasteiger partial charge in [-0.3, -0.25) is 0 Å². The molecule has 1 unspecified atom stereocenters. The van der Waals surface area contributed by atoms with Crippen LogP contribution >= 0.6 is 28.3 Å². The lowest BCUT2D eigenvalue weighted by Gasteiger charge is -2.04. The molecule has 0 bridgehead atoms. The zero-order valence-electron chi connectivity index (χ0n) is 6.37. The number of hydrogen-bond donors (Lipinski definition) is 2. The van der Waals surface area contributed by atoms with Crippen molar-refractivity contribution in [3.63, 3.8) is 0 Å². The summed E-state index contributed by atoms with van der Waals surface area (Å²) in [7, 11) is 0. The van der Waals surface area contributed by atoms with Crippen LogP contribution in [-0.4, -0.2) is 11.7 Å². The maximum atomic E-state index is 8.57. The molecule has 1 aromatic rings. The maximum absolute atomic E-state index is 8.57. The van der Waals surface area contributed by atoms with E-state index in [4.69, 9.17) is 15.3 Å². The SMILES string of the molecule is Cl.NC(CCO)c1ccc(Br)o1. The monoisotopic (exact) mass is 255 g/mol. The highest BCUT2D eigenvalue weighted by Gasteiger charge is 2.08. The van der Waals surface area contributed by atoms with Gasteiger partial charge in [0.05, 0.1) is 6.04 Å². The lowest BCUT2D eigenvalue weighted by Crippen LogP contribution is -2.10. The molecule has 0 aliphatic rings. The highest BCUT2D eigenvalue weighted by atomic mass is 79.9. The second-order valence-electron chi connectivity index (χ2n) is 2.26. The van der Waals surface area contributed by atoms with E-state index in [-0.39, 0.29) is 25.1 Å². The Labute approximate surface area is 85.5 Å². The summed E-state index contributed by atoms with van der Waals surface area (Å²) in [6.45, 7) is 0.0828. The van der Waals surface area contributed by atoms with Crippen molar-refractivity contribution in [3.8, 4) is 0 Å². The van der Waals surface area contributed by atoms with Crippen LogP contribution in [0.25, 0.3) is 0 Å². The molecule has 0 radical (unpaired) electrons. The van der Waals surface area contributed by atoms with E-state index in [9.17, 15) is 0 Å². The smallest absolute Gasteiger partial charge is 0.169 e. The van der Waals surface area contributed by atoms with Gasteiger partial charge in [-0.2, -0.15) is 0 Å². The summed E-state index contributed by atoms with van der Waals surface area (Å²) in [6, 6.07) is 3.38. The van der Waals surface area contributed by atoms with E-state index in [0.717, 1.165) is 0 Å². The number of rotatable bonds is 3. The molecule has 0 aliphatic heterocycles. The van der Waals surface area contributed by atoms with Crippen molar-refractivity contribution in [1.82, 2.24) is 0 Å². The quantitative estimate of drug-likeness (QED) is 0.868. The van der Waals surface area contributed by atoms with Gasteiger partial charge in [-0.05, 0) is 34.5 Å². The molecule has 0 amide bonds. The standard InChI is InChI=1S/C7H10BrNO2.ClH/c8-7-2-1-6(11-7)5(9)3-4-10;/h1-2,5,10H,3-4,9H2;1H. The van der Waals surface area contributed by atoms with E-state index in [0.29, 0.717) is 16.9 Å². The van der Waals surface area contributed by atoms with Crippen LogP contribution in [0.5, 0.6) is 0 Å². The molecular formula is C7H11BrClNO2. The third-order valence-electron chi connectivity index (χ3n) is 1.40. The zero-order valence-corrected chi connectivity index (χ0v) is 8.77. The van der Waals surface area contributed by atoms with E-state index in [2.05, 4.69) is 15.9 Å². The van der Waals surface area contributed by atoms with Gasteiger partial charge in [0, 0.05) is 6.61 Å². The van der Waals surface area contributed by atoms with Gasteiger partial charge in [0.15, 0.2) is 4.67 Å². The Bertz CT molecular complexity index is 229. The van der Waals surface area contributed by atoms with Gasteiger partial charge < -0.3 is 15.3 Å². The first-order valence-electron chi connectivity index (χ1n) is 3.35. The Balaban J connectivity index is 0.00000121. The molecule has 0 spiro atoms. The van der Waals surface area contributed by atoms with Gasteiger partial charge in [-0.1, -0.05) is 0 Å². The lowest BCUT2D eigenvalue weighted by atomic mass is 10.2. The number of halogens is 2. The molecule has 5 heteroatoms. The third-order valence-corrected chi connectivity index (χ3v) is 1.83. The van der Waals surface area contributed by atoms with Crippen molar-refractivity contribution in [2.45, 2.75) is 12.5 Å². The van der Waals surface area contributed by atoms with Gasteiger partial charge in [0.1, 0.15) is 5.76 Å². The highest BCUT2D eigenvalue weighted by molar-refractivity contribution is 9.10. The lowest BCUT2D eigenvalue weighted by molar-refractivity contribution is 0.268. The van der Waals surface area contributed by atoms with Crippen LogP contribution in [0, 0.1) is 0 Å². The van der Waals surface area contributed by atoms with Crippen molar-refractivity contribution in [2.24, 2.45) is 5.73 Å². The van der Waals surface area contributed by atoms with Crippen molar-refractivity contribution < 1.29 is 9.52 Å². The highest BCUT2D eigenvalue weighted by Crippen LogP contribution is 2.20. The number of nitrogens with two attached hydrogens (primary N) is 1. The fourth-order valence-electron chi connectivity index (χ4n) is 0.809. The summed E-state index contributed by atoms with van der Waals surface area (Å²) < 4.78 is 5.85. The topological polar surface area (TPSA) is 59.4 Å². The second-order valence-corrected chi connectivity index (χ2v) is 3.04. The first-order valence-corrected chi connectivity index (χ1v) is 4.15. The van der Waals surface area contributed by atoms with Crippen LogP contribution in [0.2, 0.25) is 0 Å². The van der Waals surface area contributed by atoms with E-state index >= 15 is 0 Å². The number of aliphatic hydroxyl groups excluding tert-OH is 1. The fourth-order valence-corrected chi connectivity index (χ4v) is 1.13. The van der Waals surface area contributed by atoms with E-state index in [1.807, 2.05) is 0 Å². The number of hydrogen-bond acceptors (Lipinski definition) is 3. The van der Waals surface area contributed by atoms with Crippen LogP contribution in [-0.2, 0) is 0 Å². The first-order chi connectivity index (χ1) is 5.24. The molecule has 1 heterocycles. The minimum Gasteiger partial charge on any atom is -0.453 e. The molecule has 3 N–H and O–H groups in total. The Morgan fingerprint density at radius 1 is 1.58 bits per heavy atom. The van der Waals surface area contributed by atoms with Crippen molar-refractivity contribution >= 4 is 28.3 Å². The van der Waals surface area contributed by atoms with Crippen molar-refractivity contribution in [3.05, 3.63) is 22.6 Å². The Morgan fingerprint density at radius 3 is 2.67 bits per heavy atom. The minimum atomic E-state index is -0.203. The summed E-state index contributed by atoms with van der Waals surface area (Å²) in [6.07, 6.45) is 0.528. The molecule has 0 fully saturated rings. The Hall–Kier alpha value is -0.0300. The second kappa shape index (κ2) is 5.59. The molecule has 0 aliphatic carbocycles. The predicted molar refractivity (Wildman–Crippen MR) is 52.3 cm³/mol. The molecule has 0 saturated carbocycles. The third kappa shape index (κ3) is 3.15. The van der Waals surface area contributed by atoms with Gasteiger partial charge in [-0.25, -0.2) is 0 Å². The molecule has 0 aromatic carbocycles. The van der Waals surface area contributed by atoms with Crippen molar-refractivity contribution in [2.75, 3.05) is 6.61 Å². The van der Waals surface area contributed by atoms with E-state index < -0.39 is 0 Å². The van der Waals surface area contributed by atoms with Gasteiger partial charge in [0.2, 0.25) is 0 Å². The molecule has 1 aromatic heterocycles. The Morgan fingerprint density at radius 2 is 2.25 bits per heavy atom. The van der Waals surface area contributed by atoms with Crippen LogP contribution in [0.3, 0.4) is 0 Å². The zero-order chi connectivity index (χ0) is 8.27. The van der Waals surface area contributed by atoms with E-state index in [1.54, 1.807) is 12.1 Å². The molecule has 3 nitrogen and oxygen atoms in total. The van der Waals surface area contributed by atoms with Gasteiger partial charge in [-0.15, -0.1) is 12.4 Å². The Kier molecular flexibility index (Phi) is 5.57. The van der Waals surface area contributed by atoms with Crippen LogP contribution < -0.4 is 5.73 Å². The molecular weight excluding hydrogens is 245 g/mol. The van der Waals surface area contributed by atoms with Crippen LogP contribution in [0.4, 0.5) is 0 Å². The predicted octanol–water partition coefficient (Wildman–Crippen LogP) is 1.85. The van der Waals surface area contributed by atoms with Crippen molar-refractivity contribution in [1.29, 1.82) is 0 Å². The average Bonchev–Trinajstić information content (AvgIpc) is 2.36. The van der Waals surface area contributed by atoms with Gasteiger partial charge in [0.25, 0.3) is 0 Å². The molecule has 1 rings (SSSR count). The summed E-state index contributed by atoms with van der Waals surface area (Å²) in [5.74, 6) is 0.700. The summed E-state index contributed by atoms with van der Waals surface area (Å²) >= 11 is 3.17. The maximum Gasteiger partial charge on any atom is 0.169 e. The molecule has 70 valence electrons.